The van der Waals surface area contributed by atoms with Gasteiger partial charge in [0.05, 0.1) is 12.2 Å². The molecule has 3 aromatic carbocycles. The number of hydrogen-bond acceptors (Lipinski definition) is 6. The zero-order chi connectivity index (χ0) is 30.1. The first-order valence-corrected chi connectivity index (χ1v) is 14.4. The molecule has 6 rings (SSSR count). The van der Waals surface area contributed by atoms with Gasteiger partial charge in [0, 0.05) is 55.8 Å². The van der Waals surface area contributed by atoms with Crippen LogP contribution in [0.4, 0.5) is 14.5 Å². The van der Waals surface area contributed by atoms with E-state index in [9.17, 15) is 18.8 Å². The van der Waals surface area contributed by atoms with Crippen molar-refractivity contribution in [3.8, 4) is 5.75 Å². The van der Waals surface area contributed by atoms with E-state index in [4.69, 9.17) is 4.74 Å². The molecule has 0 saturated carbocycles. The number of anilines is 1. The Morgan fingerprint density at radius 3 is 2.51 bits per heavy atom. The quantitative estimate of drug-likeness (QED) is 0.397. The lowest BCUT2D eigenvalue weighted by Gasteiger charge is -2.36. The summed E-state index contributed by atoms with van der Waals surface area (Å²) in [6, 6.07) is 14.6. The van der Waals surface area contributed by atoms with Gasteiger partial charge in [-0.25, -0.2) is 8.78 Å². The van der Waals surface area contributed by atoms with E-state index in [1.807, 2.05) is 17.0 Å². The monoisotopic (exact) mass is 586 g/mol. The van der Waals surface area contributed by atoms with E-state index in [1.54, 1.807) is 36.4 Å². The largest absolute Gasteiger partial charge is 0.489 e. The van der Waals surface area contributed by atoms with Crippen molar-refractivity contribution in [1.82, 2.24) is 15.1 Å². The molecule has 8 nitrogen and oxygen atoms in total. The van der Waals surface area contributed by atoms with E-state index in [0.717, 1.165) is 5.56 Å². The number of nitrogens with zero attached hydrogens (tertiary/aromatic N) is 3. The van der Waals surface area contributed by atoms with Crippen LogP contribution in [0, 0.1) is 11.6 Å². The van der Waals surface area contributed by atoms with Gasteiger partial charge in [0.15, 0.2) is 0 Å². The minimum atomic E-state index is -0.708. The number of hydrogen-bond donors (Lipinski definition) is 1. The summed E-state index contributed by atoms with van der Waals surface area (Å²) in [5.41, 5.74) is 3.66. The molecule has 0 radical (unpaired) electrons. The molecule has 1 unspecified atom stereocenters. The first-order valence-electron chi connectivity index (χ1n) is 14.4. The van der Waals surface area contributed by atoms with Crippen LogP contribution in [0.25, 0.3) is 6.08 Å². The fourth-order valence-electron chi connectivity index (χ4n) is 5.96. The summed E-state index contributed by atoms with van der Waals surface area (Å²) in [7, 11) is 0. The van der Waals surface area contributed by atoms with Gasteiger partial charge in [0.1, 0.15) is 30.0 Å². The number of carbonyl (C=O) groups is 3. The molecule has 3 aliphatic heterocycles. The molecular weight excluding hydrogens is 554 g/mol. The SMILES string of the molecule is C=Cc1ccc(N2CCN(Cc3ccc(COc4cccc5c4CN(C4CCC(=O)NC4=O)C5=O)cc3F)CC2)c(F)c1. The Morgan fingerprint density at radius 2 is 1.79 bits per heavy atom. The third kappa shape index (κ3) is 5.87. The number of nitrogens with one attached hydrogen (secondary N) is 1. The predicted octanol–water partition coefficient (Wildman–Crippen LogP) is 4.27. The van der Waals surface area contributed by atoms with Gasteiger partial charge in [-0.05, 0) is 47.9 Å². The average molecular weight is 587 g/mol. The number of piperidine rings is 1. The lowest BCUT2D eigenvalue weighted by Crippen LogP contribution is -2.52. The van der Waals surface area contributed by atoms with Crippen molar-refractivity contribution in [3.05, 3.63) is 101 Å². The second kappa shape index (κ2) is 12.0. The molecule has 1 N–H and O–H groups in total. The highest BCUT2D eigenvalue weighted by molar-refractivity contribution is 6.05. The van der Waals surface area contributed by atoms with Gasteiger partial charge < -0.3 is 14.5 Å². The molecular formula is C33H32F2N4O4. The van der Waals surface area contributed by atoms with Crippen molar-refractivity contribution < 1.29 is 27.9 Å². The Balaban J connectivity index is 1.05. The van der Waals surface area contributed by atoms with Crippen LogP contribution in [0.5, 0.6) is 5.75 Å². The number of fused-ring (bicyclic) bond motifs is 1. The van der Waals surface area contributed by atoms with Crippen molar-refractivity contribution >= 4 is 29.5 Å². The summed E-state index contributed by atoms with van der Waals surface area (Å²) in [5, 5.41) is 2.30. The fraction of sp³-hybridized carbons (Fsp3) is 0.303. The topological polar surface area (TPSA) is 82.2 Å². The number of amides is 3. The Labute approximate surface area is 248 Å². The highest BCUT2D eigenvalue weighted by atomic mass is 19.1. The first-order chi connectivity index (χ1) is 20.8. The number of halogens is 2. The van der Waals surface area contributed by atoms with Crippen LogP contribution in [0.15, 0.2) is 61.2 Å². The molecule has 43 heavy (non-hydrogen) atoms. The minimum Gasteiger partial charge on any atom is -0.489 e. The fourth-order valence-corrected chi connectivity index (χ4v) is 5.96. The van der Waals surface area contributed by atoms with Crippen molar-refractivity contribution in [1.29, 1.82) is 0 Å². The van der Waals surface area contributed by atoms with Gasteiger partial charge >= 0.3 is 0 Å². The van der Waals surface area contributed by atoms with E-state index in [0.29, 0.717) is 66.4 Å². The highest BCUT2D eigenvalue weighted by Crippen LogP contribution is 2.34. The molecule has 0 aromatic heterocycles. The van der Waals surface area contributed by atoms with Gasteiger partial charge in [0.2, 0.25) is 11.8 Å². The van der Waals surface area contributed by atoms with E-state index in [2.05, 4.69) is 16.8 Å². The molecule has 0 bridgehead atoms. The van der Waals surface area contributed by atoms with Gasteiger partial charge in [0.25, 0.3) is 5.91 Å². The maximum Gasteiger partial charge on any atom is 0.255 e. The van der Waals surface area contributed by atoms with Crippen molar-refractivity contribution in [2.24, 2.45) is 0 Å². The molecule has 0 spiro atoms. The molecule has 3 heterocycles. The van der Waals surface area contributed by atoms with Crippen LogP contribution in [-0.2, 0) is 29.3 Å². The zero-order valence-corrected chi connectivity index (χ0v) is 23.7. The summed E-state index contributed by atoms with van der Waals surface area (Å²) in [4.78, 5) is 42.6. The standard InChI is InChI=1S/C33H32F2N4O4/c1-2-21-7-9-28(27(35)16-21)38-14-12-37(13-15-38)18-23-8-6-22(17-26(23)34)20-43-30-5-3-4-24-25(30)19-39(33(24)42)29-10-11-31(40)36-32(29)41/h2-9,16-17,29H,1,10-15,18-20H2,(H,36,40,41). The number of benzene rings is 3. The molecule has 3 aliphatic rings. The number of rotatable bonds is 8. The number of ether oxygens (including phenoxy) is 1. The molecule has 2 saturated heterocycles. The second-order valence-electron chi connectivity index (χ2n) is 11.1. The number of imide groups is 1. The summed E-state index contributed by atoms with van der Waals surface area (Å²) in [6.45, 7) is 7.08. The normalized spacial score (nSPS) is 18.9. The Bertz CT molecular complexity index is 1600. The molecule has 10 heteroatoms. The first kappa shape index (κ1) is 28.5. The van der Waals surface area contributed by atoms with Gasteiger partial charge in [-0.1, -0.05) is 36.9 Å². The van der Waals surface area contributed by atoms with Gasteiger partial charge in [-0.3, -0.25) is 24.6 Å². The summed E-state index contributed by atoms with van der Waals surface area (Å²) < 4.78 is 35.7. The van der Waals surface area contributed by atoms with Crippen molar-refractivity contribution in [3.63, 3.8) is 0 Å². The number of piperazine rings is 1. The van der Waals surface area contributed by atoms with E-state index < -0.39 is 11.9 Å². The molecule has 222 valence electrons. The second-order valence-corrected chi connectivity index (χ2v) is 11.1. The van der Waals surface area contributed by atoms with Gasteiger partial charge in [-0.2, -0.15) is 0 Å². The molecule has 3 aromatic rings. The Hall–Kier alpha value is -4.57. The molecule has 3 amide bonds. The lowest BCUT2D eigenvalue weighted by molar-refractivity contribution is -0.136. The predicted molar refractivity (Wildman–Crippen MR) is 157 cm³/mol. The lowest BCUT2D eigenvalue weighted by atomic mass is 10.0. The van der Waals surface area contributed by atoms with Crippen molar-refractivity contribution in [2.75, 3.05) is 31.1 Å². The van der Waals surface area contributed by atoms with Crippen LogP contribution in [0.2, 0.25) is 0 Å². The number of carbonyl (C=O) groups excluding carboxylic acids is 3. The molecule has 0 aliphatic carbocycles. The highest BCUT2D eigenvalue weighted by Gasteiger charge is 2.40. The van der Waals surface area contributed by atoms with Gasteiger partial charge in [-0.15, -0.1) is 0 Å². The summed E-state index contributed by atoms with van der Waals surface area (Å²) in [5.74, 6) is -1.18. The smallest absolute Gasteiger partial charge is 0.255 e. The Morgan fingerprint density at radius 1 is 0.977 bits per heavy atom. The molecule has 1 atom stereocenters. The van der Waals surface area contributed by atoms with Crippen LogP contribution < -0.4 is 15.0 Å². The third-order valence-electron chi connectivity index (χ3n) is 8.37. The van der Waals surface area contributed by atoms with Crippen LogP contribution in [0.3, 0.4) is 0 Å². The summed E-state index contributed by atoms with van der Waals surface area (Å²) in [6.07, 6.45) is 2.08. The maximum absolute atomic E-state index is 15.1. The summed E-state index contributed by atoms with van der Waals surface area (Å²) >= 11 is 0. The Kier molecular flexibility index (Phi) is 7.94. The minimum absolute atomic E-state index is 0.106. The average Bonchev–Trinajstić information content (AvgIpc) is 3.34. The van der Waals surface area contributed by atoms with Crippen LogP contribution in [-0.4, -0.2) is 59.7 Å². The van der Waals surface area contributed by atoms with E-state index in [1.165, 1.54) is 17.0 Å². The van der Waals surface area contributed by atoms with Crippen molar-refractivity contribution in [2.45, 2.75) is 38.6 Å². The van der Waals surface area contributed by atoms with E-state index in [-0.39, 0.29) is 49.4 Å². The van der Waals surface area contributed by atoms with E-state index >= 15 is 4.39 Å². The third-order valence-corrected chi connectivity index (χ3v) is 8.37. The maximum atomic E-state index is 15.1. The molecule has 2 fully saturated rings. The van der Waals surface area contributed by atoms with Crippen LogP contribution in [0.1, 0.15) is 45.5 Å². The zero-order valence-electron chi connectivity index (χ0n) is 23.7. The van der Waals surface area contributed by atoms with Crippen LogP contribution >= 0.6 is 0 Å².